The molecule has 0 aliphatic carbocycles. The molecule has 0 spiro atoms. The van der Waals surface area contributed by atoms with Crippen molar-refractivity contribution in [2.75, 3.05) is 19.8 Å². The molecule has 0 aliphatic rings. The SMILES string of the molecule is Cc1cccc(C)c1OCCNC(=O)NCc1ccc(OCC(F)(F)F)cc1. The van der Waals surface area contributed by atoms with E-state index in [0.29, 0.717) is 13.2 Å². The summed E-state index contributed by atoms with van der Waals surface area (Å²) in [4.78, 5) is 11.8. The number of carbonyl (C=O) groups is 1. The zero-order valence-electron chi connectivity index (χ0n) is 15.7. The topological polar surface area (TPSA) is 59.6 Å². The van der Waals surface area contributed by atoms with Crippen molar-refractivity contribution < 1.29 is 27.4 Å². The van der Waals surface area contributed by atoms with Gasteiger partial charge in [-0.25, -0.2) is 4.79 Å². The summed E-state index contributed by atoms with van der Waals surface area (Å²) in [5.41, 5.74) is 2.81. The van der Waals surface area contributed by atoms with Crippen LogP contribution in [0.2, 0.25) is 0 Å². The third-order valence-corrected chi connectivity index (χ3v) is 3.82. The highest BCUT2D eigenvalue weighted by atomic mass is 19.4. The van der Waals surface area contributed by atoms with Crippen molar-refractivity contribution in [2.24, 2.45) is 0 Å². The van der Waals surface area contributed by atoms with Gasteiger partial charge in [-0.3, -0.25) is 0 Å². The van der Waals surface area contributed by atoms with Crippen molar-refractivity contribution in [2.45, 2.75) is 26.6 Å². The predicted molar refractivity (Wildman–Crippen MR) is 99.6 cm³/mol. The molecule has 2 rings (SSSR count). The lowest BCUT2D eigenvalue weighted by molar-refractivity contribution is -0.153. The van der Waals surface area contributed by atoms with Gasteiger partial charge in [-0.05, 0) is 42.7 Å². The molecular weight excluding hydrogens is 373 g/mol. The lowest BCUT2D eigenvalue weighted by Gasteiger charge is -2.13. The fourth-order valence-corrected chi connectivity index (χ4v) is 2.46. The Morgan fingerprint density at radius 2 is 1.61 bits per heavy atom. The van der Waals surface area contributed by atoms with E-state index in [1.54, 1.807) is 12.1 Å². The number of rotatable bonds is 8. The molecule has 2 aromatic carbocycles. The van der Waals surface area contributed by atoms with E-state index in [1.165, 1.54) is 12.1 Å². The molecule has 0 saturated heterocycles. The molecule has 0 aromatic heterocycles. The van der Waals surface area contributed by atoms with Gasteiger partial charge in [0.2, 0.25) is 0 Å². The van der Waals surface area contributed by atoms with E-state index in [0.717, 1.165) is 22.4 Å². The lowest BCUT2D eigenvalue weighted by atomic mass is 10.1. The Labute approximate surface area is 161 Å². The lowest BCUT2D eigenvalue weighted by Crippen LogP contribution is -2.37. The smallest absolute Gasteiger partial charge is 0.422 e. The van der Waals surface area contributed by atoms with Gasteiger partial charge in [-0.2, -0.15) is 13.2 Å². The highest BCUT2D eigenvalue weighted by Crippen LogP contribution is 2.22. The molecule has 2 N–H and O–H groups in total. The van der Waals surface area contributed by atoms with E-state index in [4.69, 9.17) is 4.74 Å². The summed E-state index contributed by atoms with van der Waals surface area (Å²) in [6.45, 7) is 3.50. The van der Waals surface area contributed by atoms with Crippen LogP contribution in [0, 0.1) is 13.8 Å². The number of amides is 2. The van der Waals surface area contributed by atoms with Gasteiger partial charge in [-0.1, -0.05) is 30.3 Å². The largest absolute Gasteiger partial charge is 0.491 e. The van der Waals surface area contributed by atoms with E-state index < -0.39 is 12.8 Å². The first-order valence-electron chi connectivity index (χ1n) is 8.74. The Bertz CT molecular complexity index is 757. The minimum atomic E-state index is -4.38. The second-order valence-corrected chi connectivity index (χ2v) is 6.23. The second kappa shape index (κ2) is 9.87. The van der Waals surface area contributed by atoms with Crippen LogP contribution in [-0.2, 0) is 6.54 Å². The number of para-hydroxylation sites is 1. The molecular formula is C20H23F3N2O3. The number of nitrogens with one attached hydrogen (secondary N) is 2. The molecule has 5 nitrogen and oxygen atoms in total. The monoisotopic (exact) mass is 396 g/mol. The van der Waals surface area contributed by atoms with E-state index in [1.807, 2.05) is 32.0 Å². The summed E-state index contributed by atoms with van der Waals surface area (Å²) in [6.07, 6.45) is -4.38. The molecule has 0 aliphatic heterocycles. The third-order valence-electron chi connectivity index (χ3n) is 3.82. The van der Waals surface area contributed by atoms with Gasteiger partial charge in [0, 0.05) is 6.54 Å². The Kier molecular flexibility index (Phi) is 7.54. The average Bonchev–Trinajstić information content (AvgIpc) is 2.64. The number of ether oxygens (including phenoxy) is 2. The fourth-order valence-electron chi connectivity index (χ4n) is 2.46. The summed E-state index contributed by atoms with van der Waals surface area (Å²) in [6, 6.07) is 11.6. The first-order valence-corrected chi connectivity index (χ1v) is 8.74. The number of urea groups is 1. The quantitative estimate of drug-likeness (QED) is 0.660. The van der Waals surface area contributed by atoms with Gasteiger partial charge in [0.1, 0.15) is 18.1 Å². The van der Waals surface area contributed by atoms with E-state index in [9.17, 15) is 18.0 Å². The molecule has 0 heterocycles. The number of halogens is 3. The van der Waals surface area contributed by atoms with Gasteiger partial charge in [0.05, 0.1) is 6.54 Å². The molecule has 152 valence electrons. The maximum atomic E-state index is 12.1. The first kappa shape index (κ1) is 21.4. The molecule has 0 fully saturated rings. The number of hydrogen-bond donors (Lipinski definition) is 2. The van der Waals surface area contributed by atoms with Gasteiger partial charge >= 0.3 is 12.2 Å². The molecule has 2 aromatic rings. The normalized spacial score (nSPS) is 11.0. The van der Waals surface area contributed by atoms with Crippen LogP contribution in [0.25, 0.3) is 0 Å². The van der Waals surface area contributed by atoms with Gasteiger partial charge in [-0.15, -0.1) is 0 Å². The summed E-state index contributed by atoms with van der Waals surface area (Å²) >= 11 is 0. The molecule has 0 unspecified atom stereocenters. The number of hydrogen-bond acceptors (Lipinski definition) is 3. The van der Waals surface area contributed by atoms with Crippen LogP contribution in [0.1, 0.15) is 16.7 Å². The Morgan fingerprint density at radius 1 is 0.964 bits per heavy atom. The van der Waals surface area contributed by atoms with Gasteiger partial charge in [0.25, 0.3) is 0 Å². The van der Waals surface area contributed by atoms with Crippen LogP contribution < -0.4 is 20.1 Å². The van der Waals surface area contributed by atoms with Crippen LogP contribution in [0.15, 0.2) is 42.5 Å². The van der Waals surface area contributed by atoms with Crippen molar-refractivity contribution in [1.29, 1.82) is 0 Å². The van der Waals surface area contributed by atoms with Crippen LogP contribution in [0.3, 0.4) is 0 Å². The van der Waals surface area contributed by atoms with Crippen LogP contribution in [0.5, 0.6) is 11.5 Å². The summed E-state index contributed by atoms with van der Waals surface area (Å²) in [5, 5.41) is 5.36. The molecule has 2 amide bonds. The zero-order valence-corrected chi connectivity index (χ0v) is 15.7. The summed E-state index contributed by atoms with van der Waals surface area (Å²) in [5.74, 6) is 0.937. The van der Waals surface area contributed by atoms with Crippen molar-refractivity contribution in [1.82, 2.24) is 10.6 Å². The average molecular weight is 396 g/mol. The van der Waals surface area contributed by atoms with Crippen molar-refractivity contribution in [3.05, 3.63) is 59.2 Å². The highest BCUT2D eigenvalue weighted by Gasteiger charge is 2.28. The second-order valence-electron chi connectivity index (χ2n) is 6.23. The van der Waals surface area contributed by atoms with Gasteiger partial charge in [0.15, 0.2) is 6.61 Å². The van der Waals surface area contributed by atoms with Crippen molar-refractivity contribution in [3.63, 3.8) is 0 Å². The first-order chi connectivity index (χ1) is 13.2. The van der Waals surface area contributed by atoms with Gasteiger partial charge < -0.3 is 20.1 Å². The van der Waals surface area contributed by atoms with E-state index >= 15 is 0 Å². The molecule has 0 atom stereocenters. The van der Waals surface area contributed by atoms with Crippen molar-refractivity contribution in [3.8, 4) is 11.5 Å². The van der Waals surface area contributed by atoms with Crippen LogP contribution in [-0.4, -0.2) is 32.0 Å². The maximum absolute atomic E-state index is 12.1. The number of aryl methyl sites for hydroxylation is 2. The maximum Gasteiger partial charge on any atom is 0.422 e. The molecule has 8 heteroatoms. The van der Waals surface area contributed by atoms with E-state index in [2.05, 4.69) is 15.4 Å². The molecule has 0 radical (unpaired) electrons. The molecule has 28 heavy (non-hydrogen) atoms. The Hall–Kier alpha value is -2.90. The van der Waals surface area contributed by atoms with Crippen LogP contribution in [0.4, 0.5) is 18.0 Å². The molecule has 0 bridgehead atoms. The standard InChI is InChI=1S/C20H23F3N2O3/c1-14-4-3-5-15(2)18(14)27-11-10-24-19(26)25-12-16-6-8-17(9-7-16)28-13-20(21,22)23/h3-9H,10-13H2,1-2H3,(H2,24,25,26). The summed E-state index contributed by atoms with van der Waals surface area (Å²) < 4.78 is 46.7. The third kappa shape index (κ3) is 7.38. The van der Waals surface area contributed by atoms with Crippen molar-refractivity contribution >= 4 is 6.03 Å². The number of alkyl halides is 3. The number of carbonyl (C=O) groups excluding carboxylic acids is 1. The minimum Gasteiger partial charge on any atom is -0.491 e. The fraction of sp³-hybridized carbons (Fsp3) is 0.350. The predicted octanol–water partition coefficient (Wildman–Crippen LogP) is 4.12. The number of benzene rings is 2. The zero-order chi connectivity index (χ0) is 20.6. The van der Waals surface area contributed by atoms with E-state index in [-0.39, 0.29) is 18.3 Å². The highest BCUT2D eigenvalue weighted by molar-refractivity contribution is 5.73. The van der Waals surface area contributed by atoms with Crippen LogP contribution >= 0.6 is 0 Å². The Morgan fingerprint density at radius 3 is 2.21 bits per heavy atom. The molecule has 0 saturated carbocycles. The summed E-state index contributed by atoms with van der Waals surface area (Å²) in [7, 11) is 0. The minimum absolute atomic E-state index is 0.120. The Balaban J connectivity index is 1.67.